The van der Waals surface area contributed by atoms with E-state index in [1.807, 2.05) is 0 Å². The molecule has 1 rings (SSSR count). The van der Waals surface area contributed by atoms with Gasteiger partial charge in [0.2, 0.25) is 0 Å². The maximum Gasteiger partial charge on any atom is 0.0147 e. The van der Waals surface area contributed by atoms with Crippen molar-refractivity contribution in [3.05, 3.63) is 0 Å². The van der Waals surface area contributed by atoms with Crippen molar-refractivity contribution in [2.24, 2.45) is 0 Å². The van der Waals surface area contributed by atoms with Crippen molar-refractivity contribution in [3.63, 3.8) is 0 Å². The zero-order valence-electron chi connectivity index (χ0n) is 5.48. The zero-order chi connectivity index (χ0) is 5.98. The molecule has 1 aliphatic heterocycles. The Kier molecular flexibility index (Phi) is 2.20. The summed E-state index contributed by atoms with van der Waals surface area (Å²) in [7, 11) is 0. The summed E-state index contributed by atoms with van der Waals surface area (Å²) in [5.74, 6) is 0. The zero-order valence-corrected chi connectivity index (χ0v) is 6.29. The summed E-state index contributed by atoms with van der Waals surface area (Å²) in [6.07, 6.45) is 0. The van der Waals surface area contributed by atoms with Gasteiger partial charge in [-0.2, -0.15) is 11.8 Å². The second-order valence-corrected chi connectivity index (χ2v) is 4.30. The molecule has 0 aliphatic carbocycles. The molecule has 0 saturated carbocycles. The number of hydrogen-bond donors (Lipinski definition) is 1. The normalized spacial score (nSPS) is 39.8. The molecule has 1 nitrogen and oxygen atoms in total. The lowest BCUT2D eigenvalue weighted by Crippen LogP contribution is -2.35. The van der Waals surface area contributed by atoms with Gasteiger partial charge in [0.1, 0.15) is 0 Å². The van der Waals surface area contributed by atoms with Crippen molar-refractivity contribution in [2.45, 2.75) is 24.3 Å². The van der Waals surface area contributed by atoms with Gasteiger partial charge in [-0.25, -0.2) is 0 Å². The van der Waals surface area contributed by atoms with Gasteiger partial charge in [-0.1, -0.05) is 13.8 Å². The molecule has 0 radical (unpaired) electrons. The fourth-order valence-corrected chi connectivity index (χ4v) is 2.20. The largest absolute Gasteiger partial charge is 0.315 e. The highest BCUT2D eigenvalue weighted by Crippen LogP contribution is 2.18. The monoisotopic (exact) mass is 131 g/mol. The molecule has 1 N–H and O–H groups in total. The molecule has 0 aromatic carbocycles. The van der Waals surface area contributed by atoms with Gasteiger partial charge in [-0.3, -0.25) is 0 Å². The predicted octanol–water partition coefficient (Wildman–Crippen LogP) is 1.10. The highest BCUT2D eigenvalue weighted by Gasteiger charge is 2.13. The third-order valence-electron chi connectivity index (χ3n) is 1.33. The van der Waals surface area contributed by atoms with E-state index in [0.717, 1.165) is 10.5 Å². The quantitative estimate of drug-likeness (QED) is 0.528. The molecular formula is C6H13NS. The lowest BCUT2D eigenvalue weighted by molar-refractivity contribution is 0.648. The van der Waals surface area contributed by atoms with Crippen LogP contribution in [0.5, 0.6) is 0 Å². The minimum atomic E-state index is 0.818. The summed E-state index contributed by atoms with van der Waals surface area (Å²) >= 11 is 2.08. The van der Waals surface area contributed by atoms with E-state index >= 15 is 0 Å². The average Bonchev–Trinajstić information content (AvgIpc) is 1.64. The summed E-state index contributed by atoms with van der Waals surface area (Å²) < 4.78 is 0. The van der Waals surface area contributed by atoms with Crippen LogP contribution in [0.1, 0.15) is 13.8 Å². The fraction of sp³-hybridized carbons (Fsp3) is 1.00. The lowest BCUT2D eigenvalue weighted by atomic mass is 10.4. The van der Waals surface area contributed by atoms with Crippen LogP contribution in [0.2, 0.25) is 0 Å². The molecule has 0 aromatic heterocycles. The van der Waals surface area contributed by atoms with Gasteiger partial charge in [-0.15, -0.1) is 0 Å². The third-order valence-corrected chi connectivity index (χ3v) is 2.59. The molecule has 8 heavy (non-hydrogen) atoms. The molecule has 0 amide bonds. The Morgan fingerprint density at radius 2 is 1.75 bits per heavy atom. The predicted molar refractivity (Wildman–Crippen MR) is 39.4 cm³/mol. The number of hydrogen-bond acceptors (Lipinski definition) is 2. The van der Waals surface area contributed by atoms with Crippen molar-refractivity contribution in [1.82, 2.24) is 5.32 Å². The third kappa shape index (κ3) is 1.67. The second kappa shape index (κ2) is 2.74. The summed E-state index contributed by atoms with van der Waals surface area (Å²) in [5.41, 5.74) is 0. The smallest absolute Gasteiger partial charge is 0.0147 e. The van der Waals surface area contributed by atoms with Gasteiger partial charge in [0.05, 0.1) is 0 Å². The topological polar surface area (TPSA) is 12.0 Å². The molecule has 1 fully saturated rings. The molecule has 2 unspecified atom stereocenters. The Balaban J connectivity index is 2.23. The van der Waals surface area contributed by atoms with Crippen LogP contribution in [0.4, 0.5) is 0 Å². The van der Waals surface area contributed by atoms with Crippen LogP contribution in [0.25, 0.3) is 0 Å². The van der Waals surface area contributed by atoms with Crippen LogP contribution in [0.15, 0.2) is 0 Å². The van der Waals surface area contributed by atoms with Crippen molar-refractivity contribution < 1.29 is 0 Å². The van der Waals surface area contributed by atoms with Gasteiger partial charge in [0.15, 0.2) is 0 Å². The molecule has 48 valence electrons. The van der Waals surface area contributed by atoms with Gasteiger partial charge in [0.25, 0.3) is 0 Å². The highest BCUT2D eigenvalue weighted by molar-refractivity contribution is 8.00. The van der Waals surface area contributed by atoms with E-state index in [9.17, 15) is 0 Å². The second-order valence-electron chi connectivity index (χ2n) is 2.42. The summed E-state index contributed by atoms with van der Waals surface area (Å²) in [4.78, 5) is 0. The van der Waals surface area contributed by atoms with E-state index in [-0.39, 0.29) is 0 Å². The van der Waals surface area contributed by atoms with Gasteiger partial charge in [0, 0.05) is 23.6 Å². The van der Waals surface area contributed by atoms with Crippen LogP contribution in [-0.4, -0.2) is 23.6 Å². The van der Waals surface area contributed by atoms with Crippen molar-refractivity contribution in [1.29, 1.82) is 0 Å². The molecule has 1 heterocycles. The van der Waals surface area contributed by atoms with Crippen LogP contribution in [0, 0.1) is 0 Å². The van der Waals surface area contributed by atoms with Crippen LogP contribution >= 0.6 is 11.8 Å². The minimum Gasteiger partial charge on any atom is -0.315 e. The van der Waals surface area contributed by atoms with Crippen LogP contribution < -0.4 is 5.32 Å². The lowest BCUT2D eigenvalue weighted by Gasteiger charge is -2.23. The van der Waals surface area contributed by atoms with E-state index < -0.39 is 0 Å². The van der Waals surface area contributed by atoms with E-state index in [0.29, 0.717) is 0 Å². The molecule has 2 heteroatoms. The molecule has 1 saturated heterocycles. The van der Waals surface area contributed by atoms with E-state index in [1.165, 1.54) is 13.1 Å². The van der Waals surface area contributed by atoms with Gasteiger partial charge >= 0.3 is 0 Å². The van der Waals surface area contributed by atoms with Gasteiger partial charge in [-0.05, 0) is 0 Å². The molecule has 1 aliphatic rings. The van der Waals surface area contributed by atoms with Crippen molar-refractivity contribution in [2.75, 3.05) is 13.1 Å². The van der Waals surface area contributed by atoms with Crippen LogP contribution in [0.3, 0.4) is 0 Å². The Morgan fingerprint density at radius 3 is 2.00 bits per heavy atom. The summed E-state index contributed by atoms with van der Waals surface area (Å²) in [6, 6.07) is 0. The first-order valence-electron chi connectivity index (χ1n) is 3.15. The highest BCUT2D eigenvalue weighted by atomic mass is 32.2. The van der Waals surface area contributed by atoms with Crippen molar-refractivity contribution in [3.8, 4) is 0 Å². The molecule has 0 bridgehead atoms. The first-order valence-corrected chi connectivity index (χ1v) is 4.09. The number of thioether (sulfide) groups is 1. The maximum absolute atomic E-state index is 3.36. The summed E-state index contributed by atoms with van der Waals surface area (Å²) in [5, 5.41) is 5.00. The van der Waals surface area contributed by atoms with E-state index in [2.05, 4.69) is 30.9 Å². The van der Waals surface area contributed by atoms with Gasteiger partial charge < -0.3 is 5.32 Å². The molecule has 0 aromatic rings. The number of rotatable bonds is 0. The summed E-state index contributed by atoms with van der Waals surface area (Å²) in [6.45, 7) is 6.92. The van der Waals surface area contributed by atoms with E-state index in [4.69, 9.17) is 0 Å². The molecule has 2 atom stereocenters. The minimum absolute atomic E-state index is 0.818. The van der Waals surface area contributed by atoms with Crippen LogP contribution in [-0.2, 0) is 0 Å². The Bertz CT molecular complexity index is 66.9. The first kappa shape index (κ1) is 6.43. The molecule has 0 spiro atoms. The Labute approximate surface area is 55.2 Å². The van der Waals surface area contributed by atoms with E-state index in [1.54, 1.807) is 0 Å². The SMILES string of the molecule is CC1CNCC(C)S1. The maximum atomic E-state index is 3.36. The number of nitrogens with one attached hydrogen (secondary N) is 1. The fourth-order valence-electron chi connectivity index (χ4n) is 0.983. The molecular weight excluding hydrogens is 118 g/mol. The standard InChI is InChI=1S/C6H13NS/c1-5-3-7-4-6(2)8-5/h5-7H,3-4H2,1-2H3. The first-order chi connectivity index (χ1) is 3.79. The Morgan fingerprint density at radius 1 is 1.25 bits per heavy atom. The average molecular weight is 131 g/mol. The Hall–Kier alpha value is 0.310. The van der Waals surface area contributed by atoms with Crippen molar-refractivity contribution >= 4 is 11.8 Å².